The van der Waals surface area contributed by atoms with Crippen LogP contribution in [0.4, 0.5) is 4.39 Å². The van der Waals surface area contributed by atoms with E-state index in [9.17, 15) is 12.8 Å². The lowest BCUT2D eigenvalue weighted by atomic mass is 10.1. The minimum absolute atomic E-state index is 0. The Bertz CT molecular complexity index is 659. The summed E-state index contributed by atoms with van der Waals surface area (Å²) in [6.45, 7) is 3.91. The van der Waals surface area contributed by atoms with E-state index in [0.29, 0.717) is 37.6 Å². The molecule has 0 spiro atoms. The Morgan fingerprint density at radius 3 is 2.60 bits per heavy atom. The highest BCUT2D eigenvalue weighted by molar-refractivity contribution is 14.0. The highest BCUT2D eigenvalue weighted by Crippen LogP contribution is 2.16. The van der Waals surface area contributed by atoms with Crippen LogP contribution in [0.15, 0.2) is 27.7 Å². The zero-order chi connectivity index (χ0) is 18.0. The summed E-state index contributed by atoms with van der Waals surface area (Å²) in [5, 5.41) is 6.12. The number of rotatable bonds is 9. The summed E-state index contributed by atoms with van der Waals surface area (Å²) in [6, 6.07) is 5.05. The second-order valence-corrected chi connectivity index (χ2v) is 7.94. The van der Waals surface area contributed by atoms with E-state index in [0.717, 1.165) is 17.1 Å². The average molecular weight is 551 g/mol. The van der Waals surface area contributed by atoms with Gasteiger partial charge in [0.15, 0.2) is 5.96 Å². The number of aryl methyl sites for hydroxylation is 1. The number of aliphatic imine (C=N–C) groups is 1. The Morgan fingerprint density at radius 1 is 1.28 bits per heavy atom. The minimum atomic E-state index is -3.18. The Morgan fingerprint density at radius 2 is 2.00 bits per heavy atom. The van der Waals surface area contributed by atoms with Gasteiger partial charge in [0, 0.05) is 30.7 Å². The van der Waals surface area contributed by atoms with Crippen LogP contribution in [0.2, 0.25) is 0 Å². The molecule has 1 rings (SSSR count). The van der Waals surface area contributed by atoms with Gasteiger partial charge in [0.05, 0.1) is 6.26 Å². The number of hydrogen-bond acceptors (Lipinski definition) is 3. The zero-order valence-electron chi connectivity index (χ0n) is 14.3. The molecular weight excluding hydrogens is 526 g/mol. The van der Waals surface area contributed by atoms with Crippen LogP contribution in [-0.4, -0.2) is 46.8 Å². The van der Waals surface area contributed by atoms with Gasteiger partial charge in [0.25, 0.3) is 0 Å². The summed E-state index contributed by atoms with van der Waals surface area (Å²) in [6.07, 6.45) is 2.45. The van der Waals surface area contributed by atoms with Crippen LogP contribution in [0.3, 0.4) is 0 Å². The highest BCUT2D eigenvalue weighted by atomic mass is 127. The van der Waals surface area contributed by atoms with Crippen molar-refractivity contribution in [1.29, 1.82) is 0 Å². The van der Waals surface area contributed by atoms with Gasteiger partial charge in [-0.25, -0.2) is 17.5 Å². The average Bonchev–Trinajstić information content (AvgIpc) is 2.48. The monoisotopic (exact) mass is 550 g/mol. The van der Waals surface area contributed by atoms with Gasteiger partial charge in [-0.05, 0) is 37.5 Å². The third-order valence-corrected chi connectivity index (χ3v) is 4.24. The van der Waals surface area contributed by atoms with Gasteiger partial charge in [0.2, 0.25) is 10.0 Å². The lowest BCUT2D eigenvalue weighted by Gasteiger charge is -2.11. The molecule has 1 aromatic carbocycles. The fraction of sp³-hybridized carbons (Fsp3) is 0.533. The Labute approximate surface area is 174 Å². The molecule has 0 atom stereocenters. The Balaban J connectivity index is 0.00000576. The van der Waals surface area contributed by atoms with E-state index in [2.05, 4.69) is 36.3 Å². The standard InChI is InChI=1S/C15H24BrFN4O2S.HI/c1-3-18-15(20-9-10-21-24(2,22)23)19-8-4-5-12-6-7-13(16)11-14(12)17;/h6-7,11,21H,3-5,8-10H2,1-2H3,(H2,18,19,20);1H. The maximum absolute atomic E-state index is 13.7. The Hall–Kier alpha value is -0.460. The highest BCUT2D eigenvalue weighted by Gasteiger charge is 2.03. The summed E-state index contributed by atoms with van der Waals surface area (Å²) in [5.41, 5.74) is 0.670. The molecule has 10 heteroatoms. The fourth-order valence-electron chi connectivity index (χ4n) is 1.94. The van der Waals surface area contributed by atoms with Crippen molar-refractivity contribution in [3.63, 3.8) is 0 Å². The molecule has 0 amide bonds. The lowest BCUT2D eigenvalue weighted by molar-refractivity contribution is 0.586. The third kappa shape index (κ3) is 11.7. The molecule has 0 aliphatic carbocycles. The molecule has 0 saturated heterocycles. The van der Waals surface area contributed by atoms with Crippen molar-refractivity contribution in [2.75, 3.05) is 32.4 Å². The number of sulfonamides is 1. The maximum atomic E-state index is 13.7. The topological polar surface area (TPSA) is 82.6 Å². The van der Waals surface area contributed by atoms with Crippen molar-refractivity contribution in [3.8, 4) is 0 Å². The molecule has 0 heterocycles. The molecule has 0 aliphatic heterocycles. The van der Waals surface area contributed by atoms with E-state index < -0.39 is 10.0 Å². The first-order valence-electron chi connectivity index (χ1n) is 7.72. The molecule has 0 aromatic heterocycles. The second kappa shape index (κ2) is 12.8. The van der Waals surface area contributed by atoms with Crippen molar-refractivity contribution >= 4 is 55.9 Å². The number of benzene rings is 1. The van der Waals surface area contributed by atoms with Gasteiger partial charge < -0.3 is 10.6 Å². The van der Waals surface area contributed by atoms with Gasteiger partial charge in [-0.15, -0.1) is 24.0 Å². The molecule has 144 valence electrons. The molecule has 0 fully saturated rings. The predicted molar refractivity (Wildman–Crippen MR) is 115 cm³/mol. The number of halogens is 3. The quantitative estimate of drug-likeness (QED) is 0.191. The summed E-state index contributed by atoms with van der Waals surface area (Å²) in [4.78, 5) is 4.40. The molecule has 6 nitrogen and oxygen atoms in total. The normalized spacial score (nSPS) is 11.8. The first-order chi connectivity index (χ1) is 11.3. The van der Waals surface area contributed by atoms with Crippen molar-refractivity contribution in [2.24, 2.45) is 4.99 Å². The van der Waals surface area contributed by atoms with E-state index in [1.807, 2.05) is 13.0 Å². The molecular formula is C15H25BrFIN4O2S. The smallest absolute Gasteiger partial charge is 0.208 e. The largest absolute Gasteiger partial charge is 0.357 e. The van der Waals surface area contributed by atoms with E-state index in [1.54, 1.807) is 6.07 Å². The molecule has 1 aromatic rings. The molecule has 0 aliphatic rings. The first-order valence-corrected chi connectivity index (χ1v) is 10.4. The van der Waals surface area contributed by atoms with E-state index in [-0.39, 0.29) is 36.3 Å². The molecule has 0 unspecified atom stereocenters. The van der Waals surface area contributed by atoms with Gasteiger partial charge >= 0.3 is 0 Å². The van der Waals surface area contributed by atoms with E-state index in [4.69, 9.17) is 0 Å². The lowest BCUT2D eigenvalue weighted by Crippen LogP contribution is -2.41. The van der Waals surface area contributed by atoms with Crippen LogP contribution in [0, 0.1) is 5.82 Å². The van der Waals surface area contributed by atoms with Crippen molar-refractivity contribution in [1.82, 2.24) is 15.4 Å². The van der Waals surface area contributed by atoms with Crippen LogP contribution in [0.5, 0.6) is 0 Å². The molecule has 0 saturated carbocycles. The fourth-order valence-corrected chi connectivity index (χ4v) is 2.75. The zero-order valence-corrected chi connectivity index (χ0v) is 19.0. The van der Waals surface area contributed by atoms with Crippen LogP contribution in [0.25, 0.3) is 0 Å². The van der Waals surface area contributed by atoms with E-state index >= 15 is 0 Å². The van der Waals surface area contributed by atoms with Crippen LogP contribution < -0.4 is 15.4 Å². The van der Waals surface area contributed by atoms with E-state index in [1.165, 1.54) is 6.07 Å². The summed E-state index contributed by atoms with van der Waals surface area (Å²) >= 11 is 3.24. The summed E-state index contributed by atoms with van der Waals surface area (Å²) in [5.74, 6) is 0.398. The van der Waals surface area contributed by atoms with Gasteiger partial charge in [-0.3, -0.25) is 4.99 Å². The summed E-state index contributed by atoms with van der Waals surface area (Å²) in [7, 11) is -3.18. The Kier molecular flexibility index (Phi) is 12.6. The predicted octanol–water partition coefficient (Wildman–Crippen LogP) is 2.24. The second-order valence-electron chi connectivity index (χ2n) is 5.19. The van der Waals surface area contributed by atoms with Gasteiger partial charge in [-0.1, -0.05) is 22.0 Å². The molecule has 25 heavy (non-hydrogen) atoms. The first kappa shape index (κ1) is 24.5. The number of nitrogens with one attached hydrogen (secondary N) is 3. The van der Waals surface area contributed by atoms with Crippen LogP contribution in [-0.2, 0) is 16.4 Å². The van der Waals surface area contributed by atoms with Crippen LogP contribution >= 0.6 is 39.9 Å². The van der Waals surface area contributed by atoms with Crippen molar-refractivity contribution < 1.29 is 12.8 Å². The molecule has 3 N–H and O–H groups in total. The maximum Gasteiger partial charge on any atom is 0.208 e. The van der Waals surface area contributed by atoms with Crippen molar-refractivity contribution in [2.45, 2.75) is 19.8 Å². The number of guanidine groups is 1. The molecule has 0 bridgehead atoms. The van der Waals surface area contributed by atoms with Crippen LogP contribution in [0.1, 0.15) is 18.9 Å². The number of nitrogens with zero attached hydrogens (tertiary/aromatic N) is 1. The third-order valence-electron chi connectivity index (χ3n) is 3.02. The van der Waals surface area contributed by atoms with Gasteiger partial charge in [0.1, 0.15) is 5.82 Å². The SMILES string of the molecule is CCNC(=NCCCc1ccc(Br)cc1F)NCCNS(C)(=O)=O.I. The number of hydrogen-bond donors (Lipinski definition) is 3. The van der Waals surface area contributed by atoms with Gasteiger partial charge in [-0.2, -0.15) is 0 Å². The minimum Gasteiger partial charge on any atom is -0.357 e. The summed E-state index contributed by atoms with van der Waals surface area (Å²) < 4.78 is 38.8. The van der Waals surface area contributed by atoms with Crippen molar-refractivity contribution in [3.05, 3.63) is 34.1 Å². The molecule has 0 radical (unpaired) electrons.